The van der Waals surface area contributed by atoms with Crippen molar-refractivity contribution in [3.63, 3.8) is 0 Å². The van der Waals surface area contributed by atoms with Gasteiger partial charge in [-0.15, -0.1) is 21.8 Å². The fourth-order valence-electron chi connectivity index (χ4n) is 4.36. The molecule has 4 unspecified atom stereocenters. The van der Waals surface area contributed by atoms with Crippen molar-refractivity contribution in [2.75, 3.05) is 17.2 Å². The molecule has 4 N–H and O–H groups in total. The summed E-state index contributed by atoms with van der Waals surface area (Å²) < 4.78 is 6.59. The van der Waals surface area contributed by atoms with Gasteiger partial charge in [-0.25, -0.2) is 0 Å². The molecule has 0 bridgehead atoms. The van der Waals surface area contributed by atoms with Crippen LogP contribution in [-0.2, 0) is 11.8 Å². The molecule has 2 fully saturated rings. The first-order valence-electron chi connectivity index (χ1n) is 10.8. The van der Waals surface area contributed by atoms with Crippen LogP contribution < -0.4 is 26.2 Å². The number of alkyl halides is 1. The van der Waals surface area contributed by atoms with Gasteiger partial charge in [0.25, 0.3) is 12.4 Å². The van der Waals surface area contributed by atoms with Gasteiger partial charge in [0.1, 0.15) is 10.8 Å². The van der Waals surface area contributed by atoms with E-state index in [2.05, 4.69) is 36.8 Å². The predicted molar refractivity (Wildman–Crippen MR) is 128 cm³/mol. The van der Waals surface area contributed by atoms with Gasteiger partial charge >= 0.3 is 0 Å². The van der Waals surface area contributed by atoms with Crippen molar-refractivity contribution in [3.05, 3.63) is 36.2 Å². The van der Waals surface area contributed by atoms with Gasteiger partial charge in [0.05, 0.1) is 17.1 Å². The molecule has 11 nitrogen and oxygen atoms in total. The summed E-state index contributed by atoms with van der Waals surface area (Å²) in [6, 6.07) is 5.47. The molecule has 13 heteroatoms. The van der Waals surface area contributed by atoms with Crippen LogP contribution in [0.2, 0.25) is 0 Å². The molecular weight excluding hydrogens is 480 g/mol. The Morgan fingerprint density at radius 3 is 3.00 bits per heavy atom. The molecule has 34 heavy (non-hydrogen) atoms. The van der Waals surface area contributed by atoms with Crippen LogP contribution in [0.5, 0.6) is 5.75 Å². The van der Waals surface area contributed by atoms with E-state index in [0.29, 0.717) is 45.4 Å². The maximum Gasteiger partial charge on any atom is 0.298 e. The SMILES string of the molecule is Cn1cc(C(=O)Nc2cc(OC=O)cc(-c3nnc(NC4CCC5NNCC5C4Cl)s3)c2)cn1. The Kier molecular flexibility index (Phi) is 6.46. The predicted octanol–water partition coefficient (Wildman–Crippen LogP) is 2.00. The molecule has 3 heterocycles. The summed E-state index contributed by atoms with van der Waals surface area (Å²) in [5.41, 5.74) is 7.99. The standard InChI is InChI=1S/C21H23ClN8O3S/c1-30-9-12(7-24-30)19(32)25-13-4-11(5-14(6-13)33-10-31)20-28-29-21(34-20)26-17-3-2-16-15(18(17)22)8-23-27-16/h4-7,9-10,15-18,23,27H,2-3,8H2,1H3,(H,25,32)(H,26,29). The number of carbonyl (C=O) groups excluding carboxylic acids is 2. The number of hydrazine groups is 1. The van der Waals surface area contributed by atoms with Gasteiger partial charge in [0.2, 0.25) is 5.13 Å². The lowest BCUT2D eigenvalue weighted by molar-refractivity contribution is -0.120. The van der Waals surface area contributed by atoms with Gasteiger partial charge in [-0.05, 0) is 25.0 Å². The Balaban J connectivity index is 1.34. The van der Waals surface area contributed by atoms with E-state index in [1.165, 1.54) is 17.5 Å². The summed E-state index contributed by atoms with van der Waals surface area (Å²) in [6.07, 6.45) is 5.03. The highest BCUT2D eigenvalue weighted by atomic mass is 35.5. The first-order chi connectivity index (χ1) is 16.5. The van der Waals surface area contributed by atoms with Crippen molar-refractivity contribution in [3.8, 4) is 16.3 Å². The zero-order valence-corrected chi connectivity index (χ0v) is 19.8. The number of nitrogens with one attached hydrogen (secondary N) is 4. The van der Waals surface area contributed by atoms with Crippen LogP contribution in [0.25, 0.3) is 10.6 Å². The smallest absolute Gasteiger partial charge is 0.298 e. The monoisotopic (exact) mass is 502 g/mol. The number of nitrogens with zero attached hydrogens (tertiary/aromatic N) is 4. The third-order valence-corrected chi connectivity index (χ3v) is 7.55. The molecule has 0 radical (unpaired) electrons. The Bertz CT molecular complexity index is 1200. The first-order valence-corrected chi connectivity index (χ1v) is 12.0. The van der Waals surface area contributed by atoms with E-state index in [-0.39, 0.29) is 23.1 Å². The molecule has 178 valence electrons. The maximum atomic E-state index is 12.5. The maximum absolute atomic E-state index is 12.5. The van der Waals surface area contributed by atoms with E-state index in [4.69, 9.17) is 16.3 Å². The van der Waals surface area contributed by atoms with E-state index in [1.807, 2.05) is 0 Å². The molecular formula is C21H23ClN8O3S. The second kappa shape index (κ2) is 9.66. The van der Waals surface area contributed by atoms with Crippen LogP contribution in [0, 0.1) is 5.92 Å². The fourth-order valence-corrected chi connectivity index (χ4v) is 5.61. The van der Waals surface area contributed by atoms with Crippen LogP contribution in [0.3, 0.4) is 0 Å². The van der Waals surface area contributed by atoms with Gasteiger partial charge in [-0.1, -0.05) is 11.3 Å². The zero-order valence-electron chi connectivity index (χ0n) is 18.2. The fraction of sp³-hybridized carbons (Fsp3) is 0.381. The second-order valence-corrected chi connectivity index (χ2v) is 9.78. The highest BCUT2D eigenvalue weighted by molar-refractivity contribution is 7.18. The highest BCUT2D eigenvalue weighted by Crippen LogP contribution is 2.36. The minimum atomic E-state index is -0.332. The van der Waals surface area contributed by atoms with Crippen molar-refractivity contribution in [1.82, 2.24) is 30.8 Å². The van der Waals surface area contributed by atoms with Crippen LogP contribution in [-0.4, -0.2) is 56.4 Å². The third-order valence-electron chi connectivity index (χ3n) is 6.02. The largest absolute Gasteiger partial charge is 0.429 e. The molecule has 3 aromatic rings. The van der Waals surface area contributed by atoms with E-state index in [9.17, 15) is 9.59 Å². The molecule has 1 aliphatic carbocycles. The Morgan fingerprint density at radius 2 is 2.21 bits per heavy atom. The van der Waals surface area contributed by atoms with Gasteiger partial charge in [0, 0.05) is 55.1 Å². The lowest BCUT2D eigenvalue weighted by atomic mass is 9.82. The molecule has 2 aliphatic rings. The normalized spacial score (nSPS) is 23.8. The number of anilines is 2. The molecule has 5 rings (SSSR count). The summed E-state index contributed by atoms with van der Waals surface area (Å²) in [5, 5.41) is 20.1. The number of carbonyl (C=O) groups is 2. The lowest BCUT2D eigenvalue weighted by Crippen LogP contribution is -2.47. The molecule has 1 aliphatic heterocycles. The number of ether oxygens (including phenoxy) is 1. The summed E-state index contributed by atoms with van der Waals surface area (Å²) in [4.78, 5) is 23.5. The van der Waals surface area contributed by atoms with Crippen molar-refractivity contribution < 1.29 is 14.3 Å². The Labute approximate surface area is 204 Å². The number of hydrogen-bond donors (Lipinski definition) is 4. The summed E-state index contributed by atoms with van der Waals surface area (Å²) in [6.45, 7) is 1.18. The zero-order chi connectivity index (χ0) is 23.7. The van der Waals surface area contributed by atoms with E-state index < -0.39 is 0 Å². The topological polar surface area (TPSA) is 135 Å². The number of aromatic nitrogens is 4. The number of hydrogen-bond acceptors (Lipinski definition) is 10. The third kappa shape index (κ3) is 4.75. The van der Waals surface area contributed by atoms with Crippen molar-refractivity contribution >= 4 is 46.1 Å². The lowest BCUT2D eigenvalue weighted by Gasteiger charge is -2.35. The minimum absolute atomic E-state index is 0.0350. The van der Waals surface area contributed by atoms with E-state index >= 15 is 0 Å². The highest BCUT2D eigenvalue weighted by Gasteiger charge is 2.41. The van der Waals surface area contributed by atoms with Crippen molar-refractivity contribution in [2.24, 2.45) is 13.0 Å². The summed E-state index contributed by atoms with van der Waals surface area (Å²) in [5.74, 6) is 0.295. The second-order valence-electron chi connectivity index (χ2n) is 8.30. The van der Waals surface area contributed by atoms with Crippen LogP contribution in [0.4, 0.5) is 10.8 Å². The number of rotatable bonds is 7. The molecule has 0 spiro atoms. The molecule has 1 amide bonds. The average Bonchev–Trinajstić information content (AvgIpc) is 3.57. The van der Waals surface area contributed by atoms with Crippen LogP contribution in [0.15, 0.2) is 30.6 Å². The van der Waals surface area contributed by atoms with Crippen molar-refractivity contribution in [1.29, 1.82) is 0 Å². The molecule has 2 aromatic heterocycles. The molecule has 1 saturated heterocycles. The number of amides is 1. The number of fused-ring (bicyclic) bond motifs is 1. The molecule has 1 saturated carbocycles. The summed E-state index contributed by atoms with van der Waals surface area (Å²) in [7, 11) is 1.73. The van der Waals surface area contributed by atoms with Gasteiger partial charge in [-0.3, -0.25) is 25.1 Å². The van der Waals surface area contributed by atoms with Gasteiger partial charge in [0.15, 0.2) is 0 Å². The number of aryl methyl sites for hydroxylation is 1. The first kappa shape index (κ1) is 22.7. The van der Waals surface area contributed by atoms with Gasteiger partial charge < -0.3 is 15.4 Å². The van der Waals surface area contributed by atoms with Crippen molar-refractivity contribution in [2.45, 2.75) is 30.3 Å². The average molecular weight is 503 g/mol. The quantitative estimate of drug-likeness (QED) is 0.282. The van der Waals surface area contributed by atoms with E-state index in [0.717, 1.165) is 19.4 Å². The molecule has 1 aromatic carbocycles. The van der Waals surface area contributed by atoms with Crippen LogP contribution >= 0.6 is 22.9 Å². The summed E-state index contributed by atoms with van der Waals surface area (Å²) >= 11 is 8.12. The number of halogens is 1. The van der Waals surface area contributed by atoms with Crippen LogP contribution in [0.1, 0.15) is 23.2 Å². The number of benzene rings is 1. The van der Waals surface area contributed by atoms with E-state index in [1.54, 1.807) is 36.1 Å². The Hall–Kier alpha value is -3.06. The minimum Gasteiger partial charge on any atom is -0.429 e. The van der Waals surface area contributed by atoms with Gasteiger partial charge in [-0.2, -0.15) is 5.10 Å². The molecule has 4 atom stereocenters. The Morgan fingerprint density at radius 1 is 1.32 bits per heavy atom.